The average molecular weight is 342 g/mol. The summed E-state index contributed by atoms with van der Waals surface area (Å²) in [6, 6.07) is 8.91. The second-order valence-corrected chi connectivity index (χ2v) is 7.42. The number of Topliss-reactive ketones (excluding diaryl/α,β-unsaturated/α-hetero) is 1. The van der Waals surface area contributed by atoms with Crippen molar-refractivity contribution in [1.29, 1.82) is 0 Å². The number of hydrogen-bond donors (Lipinski definition) is 0. The lowest BCUT2D eigenvalue weighted by Gasteiger charge is -2.26. The summed E-state index contributed by atoms with van der Waals surface area (Å²) < 4.78 is 28.0. The largest absolute Gasteiger partial charge is 0.465 e. The van der Waals surface area contributed by atoms with Crippen molar-refractivity contribution in [1.82, 2.24) is 0 Å². The van der Waals surface area contributed by atoms with Crippen molar-refractivity contribution in [2.45, 2.75) is 25.9 Å². The van der Waals surface area contributed by atoms with Crippen LogP contribution in [0.5, 0.6) is 0 Å². The SMILES string of the molecule is CCOC(=O)C(CC(c1ccccc1)P(=O)(OC)OC)C(C)=O. The van der Waals surface area contributed by atoms with E-state index < -0.39 is 25.1 Å². The van der Waals surface area contributed by atoms with Crippen LogP contribution in [0.25, 0.3) is 0 Å². The van der Waals surface area contributed by atoms with E-state index in [1.165, 1.54) is 21.1 Å². The summed E-state index contributed by atoms with van der Waals surface area (Å²) in [5, 5.41) is 0. The topological polar surface area (TPSA) is 78.9 Å². The summed E-state index contributed by atoms with van der Waals surface area (Å²) in [6.07, 6.45) is -0.00284. The van der Waals surface area contributed by atoms with Gasteiger partial charge in [0.2, 0.25) is 0 Å². The summed E-state index contributed by atoms with van der Waals surface area (Å²) in [7, 11) is -0.955. The zero-order valence-corrected chi connectivity index (χ0v) is 14.7. The molecule has 0 spiro atoms. The Labute approximate surface area is 136 Å². The highest BCUT2D eigenvalue weighted by molar-refractivity contribution is 7.54. The first kappa shape index (κ1) is 19.6. The first-order valence-corrected chi connectivity index (χ1v) is 8.94. The van der Waals surface area contributed by atoms with E-state index in [0.29, 0.717) is 5.56 Å². The molecule has 2 unspecified atom stereocenters. The Kier molecular flexibility index (Phi) is 7.62. The van der Waals surface area contributed by atoms with Gasteiger partial charge < -0.3 is 13.8 Å². The Bertz CT molecular complexity index is 563. The molecule has 23 heavy (non-hydrogen) atoms. The van der Waals surface area contributed by atoms with Gasteiger partial charge in [0.05, 0.1) is 12.3 Å². The van der Waals surface area contributed by atoms with Crippen molar-refractivity contribution in [3.8, 4) is 0 Å². The van der Waals surface area contributed by atoms with Gasteiger partial charge in [-0.2, -0.15) is 0 Å². The lowest BCUT2D eigenvalue weighted by molar-refractivity contribution is -0.151. The lowest BCUT2D eigenvalue weighted by Crippen LogP contribution is -2.26. The number of ketones is 1. The van der Waals surface area contributed by atoms with Crippen LogP contribution in [0.15, 0.2) is 30.3 Å². The van der Waals surface area contributed by atoms with Gasteiger partial charge in [-0.25, -0.2) is 0 Å². The standard InChI is InChI=1S/C16H23O6P/c1-5-22-16(18)14(12(2)17)11-15(23(19,20-3)21-4)13-9-7-6-8-10-13/h6-10,14-15H,5,11H2,1-4H3. The van der Waals surface area contributed by atoms with Gasteiger partial charge in [0.1, 0.15) is 11.7 Å². The zero-order valence-electron chi connectivity index (χ0n) is 13.9. The number of esters is 1. The molecule has 6 nitrogen and oxygen atoms in total. The third-order valence-electron chi connectivity index (χ3n) is 3.60. The number of carbonyl (C=O) groups excluding carboxylic acids is 2. The summed E-state index contributed by atoms with van der Waals surface area (Å²) in [4.78, 5) is 23.9. The maximum absolute atomic E-state index is 12.9. The van der Waals surface area contributed by atoms with Crippen molar-refractivity contribution in [2.75, 3.05) is 20.8 Å². The van der Waals surface area contributed by atoms with E-state index in [2.05, 4.69) is 0 Å². The molecule has 0 heterocycles. The van der Waals surface area contributed by atoms with Gasteiger partial charge in [-0.3, -0.25) is 14.2 Å². The van der Waals surface area contributed by atoms with Gasteiger partial charge >= 0.3 is 13.6 Å². The highest BCUT2D eigenvalue weighted by atomic mass is 31.2. The number of benzene rings is 1. The van der Waals surface area contributed by atoms with Crippen molar-refractivity contribution in [2.24, 2.45) is 5.92 Å². The molecule has 0 amide bonds. The number of ether oxygens (including phenoxy) is 1. The van der Waals surface area contributed by atoms with Gasteiger partial charge in [0, 0.05) is 14.2 Å². The zero-order chi connectivity index (χ0) is 17.5. The van der Waals surface area contributed by atoms with Gasteiger partial charge in [0.15, 0.2) is 0 Å². The fraction of sp³-hybridized carbons (Fsp3) is 0.500. The fourth-order valence-electron chi connectivity index (χ4n) is 2.35. The van der Waals surface area contributed by atoms with E-state index in [4.69, 9.17) is 13.8 Å². The fourth-order valence-corrected chi connectivity index (χ4v) is 4.01. The summed E-state index contributed by atoms with van der Waals surface area (Å²) in [6.45, 7) is 3.15. The Hall–Kier alpha value is -1.49. The molecule has 0 bridgehead atoms. The van der Waals surface area contributed by atoms with Crippen LogP contribution in [0.4, 0.5) is 0 Å². The van der Waals surface area contributed by atoms with Crippen LogP contribution >= 0.6 is 7.60 Å². The number of hydrogen-bond acceptors (Lipinski definition) is 6. The summed E-state index contributed by atoms with van der Waals surface area (Å²) in [5.41, 5.74) is -0.0629. The van der Waals surface area contributed by atoms with Crippen molar-refractivity contribution >= 4 is 19.3 Å². The minimum atomic E-state index is -3.53. The highest BCUT2D eigenvalue weighted by Crippen LogP contribution is 2.62. The minimum Gasteiger partial charge on any atom is -0.465 e. The molecular weight excluding hydrogens is 319 g/mol. The van der Waals surface area contributed by atoms with E-state index in [9.17, 15) is 14.2 Å². The average Bonchev–Trinajstić information content (AvgIpc) is 2.55. The first-order valence-electron chi connectivity index (χ1n) is 7.32. The van der Waals surface area contributed by atoms with Crippen molar-refractivity contribution in [3.05, 3.63) is 35.9 Å². The molecule has 0 aromatic heterocycles. The van der Waals surface area contributed by atoms with Crippen LogP contribution in [-0.2, 0) is 27.9 Å². The summed E-state index contributed by atoms with van der Waals surface area (Å²) >= 11 is 0. The van der Waals surface area contributed by atoms with Crippen LogP contribution in [0, 0.1) is 5.92 Å². The number of carbonyl (C=O) groups is 2. The maximum atomic E-state index is 12.9. The van der Waals surface area contributed by atoms with Gasteiger partial charge in [-0.1, -0.05) is 30.3 Å². The van der Waals surface area contributed by atoms with Crippen LogP contribution in [0.3, 0.4) is 0 Å². The van der Waals surface area contributed by atoms with Gasteiger partial charge in [-0.05, 0) is 25.8 Å². The lowest BCUT2D eigenvalue weighted by atomic mass is 9.96. The Balaban J connectivity index is 3.21. The molecule has 1 rings (SSSR count). The Morgan fingerprint density at radius 3 is 2.13 bits per heavy atom. The van der Waals surface area contributed by atoms with Crippen LogP contribution in [0.1, 0.15) is 31.5 Å². The van der Waals surface area contributed by atoms with E-state index >= 15 is 0 Å². The second kappa shape index (κ2) is 8.96. The molecule has 1 aromatic rings. The first-order chi connectivity index (χ1) is 10.9. The predicted molar refractivity (Wildman–Crippen MR) is 86.2 cm³/mol. The second-order valence-electron chi connectivity index (χ2n) is 4.98. The van der Waals surface area contributed by atoms with Crippen molar-refractivity contribution < 1.29 is 27.9 Å². The van der Waals surface area contributed by atoms with E-state index in [0.717, 1.165) is 0 Å². The summed E-state index contributed by atoms with van der Waals surface area (Å²) in [5.74, 6) is -1.98. The monoisotopic (exact) mass is 342 g/mol. The van der Waals surface area contributed by atoms with Gasteiger partial charge in [0.25, 0.3) is 0 Å². The smallest absolute Gasteiger partial charge is 0.337 e. The molecule has 7 heteroatoms. The molecule has 2 atom stereocenters. The molecule has 0 N–H and O–H groups in total. The molecule has 1 aromatic carbocycles. The Morgan fingerprint density at radius 2 is 1.70 bits per heavy atom. The Morgan fingerprint density at radius 1 is 1.13 bits per heavy atom. The van der Waals surface area contributed by atoms with Crippen LogP contribution < -0.4 is 0 Å². The van der Waals surface area contributed by atoms with E-state index in [1.54, 1.807) is 31.2 Å². The van der Waals surface area contributed by atoms with Crippen LogP contribution in [0.2, 0.25) is 0 Å². The molecular formula is C16H23O6P. The van der Waals surface area contributed by atoms with Gasteiger partial charge in [-0.15, -0.1) is 0 Å². The maximum Gasteiger partial charge on any atom is 0.337 e. The molecule has 0 aliphatic rings. The molecule has 0 fully saturated rings. The third kappa shape index (κ3) is 4.99. The van der Waals surface area contributed by atoms with Crippen LogP contribution in [-0.4, -0.2) is 32.6 Å². The van der Waals surface area contributed by atoms with Crippen molar-refractivity contribution in [3.63, 3.8) is 0 Å². The highest BCUT2D eigenvalue weighted by Gasteiger charge is 2.40. The molecule has 0 radical (unpaired) electrons. The van der Waals surface area contributed by atoms with E-state index in [-0.39, 0.29) is 18.8 Å². The predicted octanol–water partition coefficient (Wildman–Crippen LogP) is 3.37. The quantitative estimate of drug-likeness (QED) is 0.389. The minimum absolute atomic E-state index is 0.00284. The van der Waals surface area contributed by atoms with E-state index in [1.807, 2.05) is 6.07 Å². The molecule has 0 saturated carbocycles. The number of rotatable bonds is 9. The third-order valence-corrected chi connectivity index (χ3v) is 5.89. The molecule has 128 valence electrons. The molecule has 0 aliphatic heterocycles. The molecule has 0 aliphatic carbocycles. The molecule has 0 saturated heterocycles. The normalized spacial score (nSPS) is 14.1.